The van der Waals surface area contributed by atoms with Gasteiger partial charge in [0, 0.05) is 37.9 Å². The lowest BCUT2D eigenvalue weighted by Crippen LogP contribution is -2.32. The predicted molar refractivity (Wildman–Crippen MR) is 63.3 cm³/mol. The molecule has 0 saturated heterocycles. The summed E-state index contributed by atoms with van der Waals surface area (Å²) in [7, 11) is 0. The molecule has 2 N–H and O–H groups in total. The Balaban J connectivity index is 1.58. The SMILES string of the molecule is O[C@@H](CNCCn1cccn1)Cn1cccn1. The number of aliphatic hydroxyl groups excluding tert-OH is 1. The van der Waals surface area contributed by atoms with Crippen molar-refractivity contribution in [3.8, 4) is 0 Å². The molecule has 0 saturated carbocycles. The van der Waals surface area contributed by atoms with Crippen LogP contribution in [0.25, 0.3) is 0 Å². The predicted octanol–water partition coefficient (Wildman–Crippen LogP) is -0.270. The molecule has 92 valence electrons. The molecule has 2 aromatic rings. The molecule has 0 aliphatic heterocycles. The van der Waals surface area contributed by atoms with Crippen LogP contribution in [0.2, 0.25) is 0 Å². The first-order valence-corrected chi connectivity index (χ1v) is 5.68. The minimum absolute atomic E-state index is 0.424. The van der Waals surface area contributed by atoms with Crippen molar-refractivity contribution >= 4 is 0 Å². The van der Waals surface area contributed by atoms with E-state index >= 15 is 0 Å². The zero-order valence-electron chi connectivity index (χ0n) is 9.61. The van der Waals surface area contributed by atoms with Gasteiger partial charge in [0.15, 0.2) is 0 Å². The summed E-state index contributed by atoms with van der Waals surface area (Å²) in [4.78, 5) is 0. The van der Waals surface area contributed by atoms with Crippen LogP contribution in [0.5, 0.6) is 0 Å². The van der Waals surface area contributed by atoms with Gasteiger partial charge in [-0.1, -0.05) is 0 Å². The van der Waals surface area contributed by atoms with E-state index in [4.69, 9.17) is 0 Å². The monoisotopic (exact) mass is 235 g/mol. The van der Waals surface area contributed by atoms with Crippen molar-refractivity contribution in [3.63, 3.8) is 0 Å². The molecule has 2 rings (SSSR count). The van der Waals surface area contributed by atoms with E-state index in [9.17, 15) is 5.11 Å². The summed E-state index contributed by atoms with van der Waals surface area (Å²) >= 11 is 0. The van der Waals surface area contributed by atoms with Crippen molar-refractivity contribution in [2.45, 2.75) is 19.2 Å². The van der Waals surface area contributed by atoms with Crippen LogP contribution in [0.15, 0.2) is 36.9 Å². The highest BCUT2D eigenvalue weighted by Crippen LogP contribution is 1.90. The molecule has 0 radical (unpaired) electrons. The maximum atomic E-state index is 9.73. The molecule has 0 spiro atoms. The van der Waals surface area contributed by atoms with E-state index < -0.39 is 6.10 Å². The Kier molecular flexibility index (Phi) is 4.29. The fourth-order valence-electron chi connectivity index (χ4n) is 1.58. The Bertz CT molecular complexity index is 397. The molecule has 6 nitrogen and oxygen atoms in total. The molecule has 0 unspecified atom stereocenters. The molecule has 17 heavy (non-hydrogen) atoms. The van der Waals surface area contributed by atoms with Crippen LogP contribution in [-0.4, -0.2) is 43.9 Å². The van der Waals surface area contributed by atoms with Gasteiger partial charge in [-0.3, -0.25) is 9.36 Å². The Morgan fingerprint density at radius 2 is 1.82 bits per heavy atom. The quantitative estimate of drug-likeness (QED) is 0.648. The van der Waals surface area contributed by atoms with Crippen molar-refractivity contribution in [1.82, 2.24) is 24.9 Å². The minimum atomic E-state index is -0.424. The Hall–Kier alpha value is -1.66. The average Bonchev–Trinajstić information content (AvgIpc) is 2.96. The molecule has 0 aliphatic carbocycles. The Morgan fingerprint density at radius 3 is 2.47 bits per heavy atom. The lowest BCUT2D eigenvalue weighted by molar-refractivity contribution is 0.146. The van der Waals surface area contributed by atoms with E-state index in [2.05, 4.69) is 15.5 Å². The summed E-state index contributed by atoms with van der Waals surface area (Å²) in [5, 5.41) is 21.0. The molecular weight excluding hydrogens is 218 g/mol. The van der Waals surface area contributed by atoms with Crippen molar-refractivity contribution in [2.24, 2.45) is 0 Å². The van der Waals surface area contributed by atoms with Gasteiger partial charge in [0.2, 0.25) is 0 Å². The minimum Gasteiger partial charge on any atom is -0.390 e. The van der Waals surface area contributed by atoms with E-state index in [0.717, 1.165) is 13.1 Å². The van der Waals surface area contributed by atoms with Crippen molar-refractivity contribution < 1.29 is 5.11 Å². The fraction of sp³-hybridized carbons (Fsp3) is 0.455. The highest BCUT2D eigenvalue weighted by molar-refractivity contribution is 4.79. The van der Waals surface area contributed by atoms with Crippen LogP contribution < -0.4 is 5.32 Å². The summed E-state index contributed by atoms with van der Waals surface area (Å²) in [6.45, 7) is 2.67. The molecule has 0 bridgehead atoms. The maximum absolute atomic E-state index is 9.73. The maximum Gasteiger partial charge on any atom is 0.0860 e. The van der Waals surface area contributed by atoms with Crippen LogP contribution in [0.3, 0.4) is 0 Å². The number of rotatable bonds is 7. The molecule has 0 aliphatic rings. The van der Waals surface area contributed by atoms with E-state index in [-0.39, 0.29) is 0 Å². The number of nitrogens with one attached hydrogen (secondary N) is 1. The summed E-state index contributed by atoms with van der Waals surface area (Å²) in [6.07, 6.45) is 6.80. The van der Waals surface area contributed by atoms with Crippen LogP contribution in [0.4, 0.5) is 0 Å². The number of aromatic nitrogens is 4. The second-order valence-electron chi connectivity index (χ2n) is 3.86. The van der Waals surface area contributed by atoms with Crippen LogP contribution in [0, 0.1) is 0 Å². The fourth-order valence-corrected chi connectivity index (χ4v) is 1.58. The summed E-state index contributed by atoms with van der Waals surface area (Å²) in [6, 6.07) is 3.74. The number of nitrogens with zero attached hydrogens (tertiary/aromatic N) is 4. The molecule has 2 heterocycles. The average molecular weight is 235 g/mol. The van der Waals surface area contributed by atoms with Gasteiger partial charge in [-0.25, -0.2) is 0 Å². The molecule has 0 fully saturated rings. The second-order valence-corrected chi connectivity index (χ2v) is 3.86. The smallest absolute Gasteiger partial charge is 0.0860 e. The molecular formula is C11H17N5O. The van der Waals surface area contributed by atoms with Gasteiger partial charge in [-0.2, -0.15) is 10.2 Å². The highest BCUT2D eigenvalue weighted by atomic mass is 16.3. The number of hydrogen-bond donors (Lipinski definition) is 2. The van der Waals surface area contributed by atoms with Gasteiger partial charge in [-0.15, -0.1) is 0 Å². The highest BCUT2D eigenvalue weighted by Gasteiger charge is 2.04. The third-order valence-electron chi connectivity index (χ3n) is 2.41. The topological polar surface area (TPSA) is 67.9 Å². The zero-order valence-corrected chi connectivity index (χ0v) is 9.61. The first-order chi connectivity index (χ1) is 8.34. The molecule has 1 atom stereocenters. The lowest BCUT2D eigenvalue weighted by Gasteiger charge is -2.11. The van der Waals surface area contributed by atoms with Gasteiger partial charge >= 0.3 is 0 Å². The second kappa shape index (κ2) is 6.17. The number of hydrogen-bond acceptors (Lipinski definition) is 4. The molecule has 6 heteroatoms. The van der Waals surface area contributed by atoms with E-state index in [0.29, 0.717) is 13.1 Å². The van der Waals surface area contributed by atoms with Crippen LogP contribution in [-0.2, 0) is 13.1 Å². The van der Waals surface area contributed by atoms with Gasteiger partial charge in [0.05, 0.1) is 19.2 Å². The van der Waals surface area contributed by atoms with Gasteiger partial charge in [-0.05, 0) is 12.1 Å². The Labute approximate surface area is 99.9 Å². The third kappa shape index (κ3) is 4.01. The summed E-state index contributed by atoms with van der Waals surface area (Å²) in [5.74, 6) is 0. The first kappa shape index (κ1) is 11.8. The Morgan fingerprint density at radius 1 is 1.12 bits per heavy atom. The van der Waals surface area contributed by atoms with Crippen molar-refractivity contribution in [2.75, 3.05) is 13.1 Å². The van der Waals surface area contributed by atoms with E-state index in [1.807, 2.05) is 29.2 Å². The van der Waals surface area contributed by atoms with Gasteiger partial charge < -0.3 is 10.4 Å². The summed E-state index contributed by atoms with van der Waals surface area (Å²) in [5.41, 5.74) is 0. The molecule has 0 amide bonds. The van der Waals surface area contributed by atoms with Crippen LogP contribution >= 0.6 is 0 Å². The normalized spacial score (nSPS) is 12.8. The number of aliphatic hydroxyl groups is 1. The van der Waals surface area contributed by atoms with Crippen molar-refractivity contribution in [1.29, 1.82) is 0 Å². The van der Waals surface area contributed by atoms with Crippen LogP contribution in [0.1, 0.15) is 0 Å². The summed E-state index contributed by atoms with van der Waals surface area (Å²) < 4.78 is 3.58. The lowest BCUT2D eigenvalue weighted by atomic mass is 10.3. The standard InChI is InChI=1S/C11H17N5O/c17-11(10-16-7-2-4-14-16)9-12-5-8-15-6-1-3-13-15/h1-4,6-7,11-12,17H,5,8-10H2/t11-/m0/s1. The van der Waals surface area contributed by atoms with E-state index in [1.54, 1.807) is 17.1 Å². The van der Waals surface area contributed by atoms with Crippen molar-refractivity contribution in [3.05, 3.63) is 36.9 Å². The molecule has 2 aromatic heterocycles. The van der Waals surface area contributed by atoms with Gasteiger partial charge in [0.1, 0.15) is 0 Å². The van der Waals surface area contributed by atoms with E-state index in [1.165, 1.54) is 0 Å². The zero-order chi connectivity index (χ0) is 11.9. The molecule has 0 aromatic carbocycles. The largest absolute Gasteiger partial charge is 0.390 e. The van der Waals surface area contributed by atoms with Gasteiger partial charge in [0.25, 0.3) is 0 Å². The first-order valence-electron chi connectivity index (χ1n) is 5.68. The third-order valence-corrected chi connectivity index (χ3v) is 2.41.